The fourth-order valence-electron chi connectivity index (χ4n) is 2.67. The zero-order chi connectivity index (χ0) is 18.2. The van der Waals surface area contributed by atoms with Crippen LogP contribution in [0.4, 0.5) is 4.79 Å². The summed E-state index contributed by atoms with van der Waals surface area (Å²) in [5, 5.41) is 3.11. The van der Waals surface area contributed by atoms with Gasteiger partial charge in [0.25, 0.3) is 5.24 Å². The van der Waals surface area contributed by atoms with Gasteiger partial charge in [-0.3, -0.25) is 9.59 Å². The van der Waals surface area contributed by atoms with Crippen molar-refractivity contribution in [1.82, 2.24) is 10.2 Å². The summed E-state index contributed by atoms with van der Waals surface area (Å²) in [6.45, 7) is 7.31. The van der Waals surface area contributed by atoms with Crippen LogP contribution in [0.25, 0.3) is 0 Å². The number of rotatable bonds is 9. The van der Waals surface area contributed by atoms with Gasteiger partial charge in [-0.15, -0.1) is 0 Å². The zero-order valence-corrected chi connectivity index (χ0v) is 16.1. The first-order chi connectivity index (χ1) is 11.9. The van der Waals surface area contributed by atoms with Gasteiger partial charge in [0.05, 0.1) is 6.10 Å². The Bertz CT molecular complexity index is 575. The minimum absolute atomic E-state index is 0.0119. The molecule has 0 saturated carbocycles. The van der Waals surface area contributed by atoms with Crippen molar-refractivity contribution in [3.05, 3.63) is 29.8 Å². The van der Waals surface area contributed by atoms with E-state index in [1.807, 2.05) is 32.9 Å². The average Bonchev–Trinajstić information content (AvgIpc) is 2.97. The first-order valence-electron chi connectivity index (χ1n) is 8.90. The molecule has 1 atom stereocenters. The quantitative estimate of drug-likeness (QED) is 0.729. The molecule has 1 heterocycles. The van der Waals surface area contributed by atoms with Crippen LogP contribution >= 0.6 is 11.8 Å². The van der Waals surface area contributed by atoms with Crippen LogP contribution in [0.3, 0.4) is 0 Å². The monoisotopic (exact) mass is 364 g/mol. The number of nitrogens with zero attached hydrogens (tertiary/aromatic N) is 1. The lowest BCUT2D eigenvalue weighted by atomic mass is 10.1. The van der Waals surface area contributed by atoms with Gasteiger partial charge in [0.2, 0.25) is 5.91 Å². The Morgan fingerprint density at radius 1 is 1.28 bits per heavy atom. The van der Waals surface area contributed by atoms with E-state index < -0.39 is 0 Å². The Hall–Kier alpha value is -1.69. The second kappa shape index (κ2) is 9.70. The second-order valence-electron chi connectivity index (χ2n) is 6.67. The highest BCUT2D eigenvalue weighted by molar-refractivity contribution is 8.13. The summed E-state index contributed by atoms with van der Waals surface area (Å²) in [5.41, 5.74) is 1.23. The maximum Gasteiger partial charge on any atom is 0.281 e. The number of hydrogen-bond donors (Lipinski definition) is 1. The van der Waals surface area contributed by atoms with E-state index in [2.05, 4.69) is 17.4 Å². The lowest BCUT2D eigenvalue weighted by Crippen LogP contribution is -2.36. The molecule has 1 aromatic rings. The van der Waals surface area contributed by atoms with Gasteiger partial charge in [-0.2, -0.15) is 0 Å². The first-order valence-corrected chi connectivity index (χ1v) is 9.89. The minimum Gasteiger partial charge on any atom is -0.491 e. The largest absolute Gasteiger partial charge is 0.491 e. The standard InChI is InChI=1S/C19H28N2O3S/c1-14(2)24-17-8-6-16(7-9-17)5-4-15(3)20-18(22)10-11-21-12-13-25-19(21)23/h6-9,14-15H,4-5,10-13H2,1-3H3,(H,20,22). The topological polar surface area (TPSA) is 58.6 Å². The van der Waals surface area contributed by atoms with Gasteiger partial charge in [0.15, 0.2) is 0 Å². The van der Waals surface area contributed by atoms with E-state index in [0.717, 1.165) is 30.9 Å². The molecule has 0 bridgehead atoms. The van der Waals surface area contributed by atoms with E-state index in [0.29, 0.717) is 13.0 Å². The lowest BCUT2D eigenvalue weighted by molar-refractivity contribution is -0.121. The molecule has 0 radical (unpaired) electrons. The molecular weight excluding hydrogens is 336 g/mol. The van der Waals surface area contributed by atoms with Gasteiger partial charge in [-0.25, -0.2) is 0 Å². The van der Waals surface area contributed by atoms with E-state index in [1.54, 1.807) is 4.90 Å². The molecule has 1 fully saturated rings. The van der Waals surface area contributed by atoms with Crippen molar-refractivity contribution >= 4 is 22.9 Å². The van der Waals surface area contributed by atoms with Crippen LogP contribution < -0.4 is 10.1 Å². The molecule has 1 saturated heterocycles. The lowest BCUT2D eigenvalue weighted by Gasteiger charge is -2.17. The summed E-state index contributed by atoms with van der Waals surface area (Å²) in [7, 11) is 0. The summed E-state index contributed by atoms with van der Waals surface area (Å²) in [6, 6.07) is 8.24. The van der Waals surface area contributed by atoms with Crippen LogP contribution in [0.5, 0.6) is 5.75 Å². The van der Waals surface area contributed by atoms with Gasteiger partial charge in [-0.05, 0) is 51.3 Å². The summed E-state index contributed by atoms with van der Waals surface area (Å²) in [6.07, 6.45) is 2.34. The van der Waals surface area contributed by atoms with Gasteiger partial charge in [0.1, 0.15) is 5.75 Å². The summed E-state index contributed by atoms with van der Waals surface area (Å²) in [5.74, 6) is 1.73. The molecule has 2 amide bonds. The molecule has 6 heteroatoms. The second-order valence-corrected chi connectivity index (χ2v) is 7.72. The van der Waals surface area contributed by atoms with Crippen LogP contribution in [0.2, 0.25) is 0 Å². The summed E-state index contributed by atoms with van der Waals surface area (Å²) in [4.78, 5) is 25.2. The normalized spacial score (nSPS) is 15.5. The molecular formula is C19H28N2O3S. The predicted octanol–water partition coefficient (Wildman–Crippen LogP) is 3.47. The predicted molar refractivity (Wildman–Crippen MR) is 102 cm³/mol. The van der Waals surface area contributed by atoms with Gasteiger partial charge in [-0.1, -0.05) is 23.9 Å². The van der Waals surface area contributed by atoms with Crippen molar-refractivity contribution in [3.63, 3.8) is 0 Å². The molecule has 0 aromatic heterocycles. The summed E-state index contributed by atoms with van der Waals surface area (Å²) >= 11 is 1.33. The number of nitrogens with one attached hydrogen (secondary N) is 1. The number of amides is 2. The van der Waals surface area contributed by atoms with Crippen LogP contribution in [0.15, 0.2) is 24.3 Å². The molecule has 2 rings (SSSR count). The Labute approximate surface area is 154 Å². The highest BCUT2D eigenvalue weighted by Gasteiger charge is 2.21. The number of hydrogen-bond acceptors (Lipinski definition) is 4. The minimum atomic E-state index is 0.0119. The maximum absolute atomic E-state index is 12.0. The van der Waals surface area contributed by atoms with Gasteiger partial charge >= 0.3 is 0 Å². The van der Waals surface area contributed by atoms with E-state index in [-0.39, 0.29) is 23.3 Å². The molecule has 0 spiro atoms. The fraction of sp³-hybridized carbons (Fsp3) is 0.579. The Morgan fingerprint density at radius 3 is 2.60 bits per heavy atom. The van der Waals surface area contributed by atoms with Gasteiger partial charge in [0, 0.05) is 31.3 Å². The van der Waals surface area contributed by atoms with Crippen molar-refractivity contribution in [2.75, 3.05) is 18.8 Å². The Balaban J connectivity index is 1.66. The number of aryl methyl sites for hydroxylation is 1. The van der Waals surface area contributed by atoms with Crippen LogP contribution in [-0.4, -0.2) is 47.0 Å². The number of ether oxygens (including phenoxy) is 1. The van der Waals surface area contributed by atoms with E-state index in [9.17, 15) is 9.59 Å². The van der Waals surface area contributed by atoms with Crippen molar-refractivity contribution in [2.24, 2.45) is 0 Å². The van der Waals surface area contributed by atoms with E-state index >= 15 is 0 Å². The van der Waals surface area contributed by atoms with Crippen molar-refractivity contribution < 1.29 is 14.3 Å². The maximum atomic E-state index is 12.0. The third-order valence-corrected chi connectivity index (χ3v) is 4.91. The third kappa shape index (κ3) is 6.98. The first kappa shape index (κ1) is 19.6. The highest BCUT2D eigenvalue weighted by atomic mass is 32.2. The molecule has 5 nitrogen and oxygen atoms in total. The van der Waals surface area contributed by atoms with Crippen molar-refractivity contribution in [3.8, 4) is 5.75 Å². The third-order valence-electron chi connectivity index (χ3n) is 4.02. The molecule has 25 heavy (non-hydrogen) atoms. The molecule has 1 N–H and O–H groups in total. The molecule has 0 aliphatic carbocycles. The fourth-order valence-corrected chi connectivity index (χ4v) is 3.53. The van der Waals surface area contributed by atoms with Crippen LogP contribution in [0, 0.1) is 0 Å². The number of benzene rings is 1. The molecule has 1 aromatic carbocycles. The SMILES string of the molecule is CC(CCc1ccc(OC(C)C)cc1)NC(=O)CCN1CCSC1=O. The highest BCUT2D eigenvalue weighted by Crippen LogP contribution is 2.17. The molecule has 1 aliphatic heterocycles. The van der Waals surface area contributed by atoms with Crippen LogP contribution in [-0.2, 0) is 11.2 Å². The summed E-state index contributed by atoms with van der Waals surface area (Å²) < 4.78 is 5.64. The molecule has 1 aliphatic rings. The molecule has 1 unspecified atom stereocenters. The molecule has 138 valence electrons. The van der Waals surface area contributed by atoms with Crippen molar-refractivity contribution in [2.45, 2.75) is 52.2 Å². The van der Waals surface area contributed by atoms with Gasteiger partial charge < -0.3 is 15.0 Å². The van der Waals surface area contributed by atoms with Crippen molar-refractivity contribution in [1.29, 1.82) is 0 Å². The zero-order valence-electron chi connectivity index (χ0n) is 15.3. The van der Waals surface area contributed by atoms with E-state index in [1.165, 1.54) is 17.3 Å². The smallest absolute Gasteiger partial charge is 0.281 e. The number of carbonyl (C=O) groups is 2. The Kier molecular flexibility index (Phi) is 7.62. The number of carbonyl (C=O) groups excluding carboxylic acids is 2. The Morgan fingerprint density at radius 2 is 2.00 bits per heavy atom. The van der Waals surface area contributed by atoms with Crippen LogP contribution in [0.1, 0.15) is 39.2 Å². The average molecular weight is 365 g/mol. The van der Waals surface area contributed by atoms with E-state index in [4.69, 9.17) is 4.74 Å². The number of thioether (sulfide) groups is 1.